The Morgan fingerprint density at radius 1 is 1.07 bits per heavy atom. The van der Waals surface area contributed by atoms with E-state index in [1.165, 1.54) is 45.4 Å². The number of carbonyl (C=O) groups is 2. The molecule has 5 nitrogen and oxygen atoms in total. The van der Waals surface area contributed by atoms with Gasteiger partial charge < -0.3 is 14.8 Å². The molecule has 0 bridgehead atoms. The van der Waals surface area contributed by atoms with Crippen molar-refractivity contribution in [2.45, 2.75) is 25.8 Å². The third kappa shape index (κ3) is 4.24. The standard InChI is InChI=1S/C20H21F2NO4/c1-5-20(2,19(25)27-4)23-18(24)15-8-6-12(10-16(15)21)14-9-7-13(26-3)11-17(14)22/h6-11H,5H2,1-4H3,(H,23,24). The second-order valence-corrected chi connectivity index (χ2v) is 6.17. The van der Waals surface area contributed by atoms with Gasteiger partial charge in [-0.25, -0.2) is 13.6 Å². The van der Waals surface area contributed by atoms with Crippen LogP contribution in [0.25, 0.3) is 11.1 Å². The molecule has 0 aliphatic rings. The lowest BCUT2D eigenvalue weighted by Crippen LogP contribution is -2.52. The Morgan fingerprint density at radius 3 is 2.30 bits per heavy atom. The summed E-state index contributed by atoms with van der Waals surface area (Å²) < 4.78 is 38.3. The second-order valence-electron chi connectivity index (χ2n) is 6.17. The van der Waals surface area contributed by atoms with E-state index < -0.39 is 29.0 Å². The van der Waals surface area contributed by atoms with Gasteiger partial charge in [0.1, 0.15) is 22.9 Å². The molecule has 0 aliphatic carbocycles. The number of hydrogen-bond acceptors (Lipinski definition) is 4. The van der Waals surface area contributed by atoms with E-state index in [1.54, 1.807) is 13.0 Å². The van der Waals surface area contributed by atoms with E-state index in [9.17, 15) is 18.4 Å². The van der Waals surface area contributed by atoms with Crippen LogP contribution in [-0.2, 0) is 9.53 Å². The minimum Gasteiger partial charge on any atom is -0.497 e. The predicted molar refractivity (Wildman–Crippen MR) is 96.5 cm³/mol. The molecule has 0 radical (unpaired) electrons. The molecule has 0 spiro atoms. The predicted octanol–water partition coefficient (Wildman–Crippen LogP) is 3.71. The molecule has 0 aliphatic heterocycles. The summed E-state index contributed by atoms with van der Waals surface area (Å²) in [5.41, 5.74) is -1.08. The minimum atomic E-state index is -1.28. The zero-order valence-electron chi connectivity index (χ0n) is 15.6. The van der Waals surface area contributed by atoms with Crippen LogP contribution < -0.4 is 10.1 Å². The van der Waals surface area contributed by atoms with Crippen molar-refractivity contribution in [1.82, 2.24) is 5.32 Å². The molecule has 2 rings (SSSR count). The molecule has 2 aromatic carbocycles. The van der Waals surface area contributed by atoms with Crippen molar-refractivity contribution in [3.63, 3.8) is 0 Å². The number of hydrogen-bond donors (Lipinski definition) is 1. The van der Waals surface area contributed by atoms with E-state index in [0.717, 1.165) is 6.07 Å². The summed E-state index contributed by atoms with van der Waals surface area (Å²) in [6.07, 6.45) is 0.266. The molecule has 1 atom stereocenters. The van der Waals surface area contributed by atoms with Crippen LogP contribution in [0, 0.1) is 11.6 Å². The van der Waals surface area contributed by atoms with Crippen molar-refractivity contribution in [2.24, 2.45) is 0 Å². The zero-order valence-corrected chi connectivity index (χ0v) is 15.6. The number of ether oxygens (including phenoxy) is 2. The van der Waals surface area contributed by atoms with E-state index >= 15 is 0 Å². The third-order valence-electron chi connectivity index (χ3n) is 4.43. The fourth-order valence-electron chi connectivity index (χ4n) is 2.55. The molecule has 0 aromatic heterocycles. The van der Waals surface area contributed by atoms with Gasteiger partial charge >= 0.3 is 5.97 Å². The van der Waals surface area contributed by atoms with Crippen LogP contribution in [0.4, 0.5) is 8.78 Å². The van der Waals surface area contributed by atoms with Gasteiger partial charge in [-0.15, -0.1) is 0 Å². The number of carbonyl (C=O) groups excluding carboxylic acids is 2. The monoisotopic (exact) mass is 377 g/mol. The van der Waals surface area contributed by atoms with Crippen LogP contribution >= 0.6 is 0 Å². The average molecular weight is 377 g/mol. The van der Waals surface area contributed by atoms with Gasteiger partial charge in [0.2, 0.25) is 0 Å². The van der Waals surface area contributed by atoms with Gasteiger partial charge in [0.15, 0.2) is 0 Å². The van der Waals surface area contributed by atoms with Crippen molar-refractivity contribution in [3.8, 4) is 16.9 Å². The first-order valence-electron chi connectivity index (χ1n) is 8.30. The van der Waals surface area contributed by atoms with Crippen LogP contribution in [0.1, 0.15) is 30.6 Å². The molecule has 0 fully saturated rings. The number of halogens is 2. The number of nitrogens with one attached hydrogen (secondary N) is 1. The molecular formula is C20H21F2NO4. The summed E-state index contributed by atoms with van der Waals surface area (Å²) in [4.78, 5) is 24.3. The fourth-order valence-corrected chi connectivity index (χ4v) is 2.55. The Labute approximate surface area is 156 Å². The molecule has 27 heavy (non-hydrogen) atoms. The summed E-state index contributed by atoms with van der Waals surface area (Å²) >= 11 is 0. The number of esters is 1. The highest BCUT2D eigenvalue weighted by Gasteiger charge is 2.35. The second kappa shape index (κ2) is 8.16. The van der Waals surface area contributed by atoms with E-state index in [1.807, 2.05) is 0 Å². The first kappa shape index (κ1) is 20.4. The highest BCUT2D eigenvalue weighted by atomic mass is 19.1. The minimum absolute atomic E-state index is 0.176. The number of amides is 1. The Morgan fingerprint density at radius 2 is 1.78 bits per heavy atom. The molecular weight excluding hydrogens is 356 g/mol. The highest BCUT2D eigenvalue weighted by molar-refractivity contribution is 5.98. The summed E-state index contributed by atoms with van der Waals surface area (Å²) in [6.45, 7) is 3.19. The molecule has 0 saturated heterocycles. The molecule has 0 saturated carbocycles. The first-order chi connectivity index (χ1) is 12.8. The lowest BCUT2D eigenvalue weighted by atomic mass is 9.97. The summed E-state index contributed by atoms with van der Waals surface area (Å²) in [5.74, 6) is -2.45. The normalized spacial score (nSPS) is 12.8. The van der Waals surface area contributed by atoms with Crippen molar-refractivity contribution < 1.29 is 27.8 Å². The lowest BCUT2D eigenvalue weighted by molar-refractivity contribution is -0.147. The van der Waals surface area contributed by atoms with Gasteiger partial charge in [0.25, 0.3) is 5.91 Å². The van der Waals surface area contributed by atoms with Crippen LogP contribution in [-0.4, -0.2) is 31.6 Å². The Bertz CT molecular complexity index is 869. The Kier molecular flexibility index (Phi) is 6.15. The maximum atomic E-state index is 14.5. The Hall–Kier alpha value is -2.96. The largest absolute Gasteiger partial charge is 0.497 e. The van der Waals surface area contributed by atoms with Crippen LogP contribution in [0.5, 0.6) is 5.75 Å². The van der Waals surface area contributed by atoms with Gasteiger partial charge in [-0.05, 0) is 43.2 Å². The summed E-state index contributed by atoms with van der Waals surface area (Å²) in [6, 6.07) is 7.97. The van der Waals surface area contributed by atoms with Gasteiger partial charge in [0, 0.05) is 11.6 Å². The number of rotatable bonds is 6. The topological polar surface area (TPSA) is 64.6 Å². The molecule has 2 aromatic rings. The smallest absolute Gasteiger partial charge is 0.331 e. The summed E-state index contributed by atoms with van der Waals surface area (Å²) in [5, 5.41) is 2.49. The van der Waals surface area contributed by atoms with Gasteiger partial charge in [0.05, 0.1) is 19.8 Å². The summed E-state index contributed by atoms with van der Waals surface area (Å²) in [7, 11) is 2.63. The SMILES string of the molecule is CCC(C)(NC(=O)c1ccc(-c2ccc(OC)cc2F)cc1F)C(=O)OC. The average Bonchev–Trinajstić information content (AvgIpc) is 2.66. The van der Waals surface area contributed by atoms with E-state index in [-0.39, 0.29) is 23.1 Å². The van der Waals surface area contributed by atoms with Gasteiger partial charge in [-0.3, -0.25) is 4.79 Å². The number of methoxy groups -OCH3 is 2. The van der Waals surface area contributed by atoms with Crippen molar-refractivity contribution in [3.05, 3.63) is 53.6 Å². The van der Waals surface area contributed by atoms with Crippen LogP contribution in [0.3, 0.4) is 0 Å². The molecule has 0 heterocycles. The first-order valence-corrected chi connectivity index (χ1v) is 8.30. The molecule has 1 amide bonds. The van der Waals surface area contributed by atoms with Crippen molar-refractivity contribution >= 4 is 11.9 Å². The fraction of sp³-hybridized carbons (Fsp3) is 0.300. The van der Waals surface area contributed by atoms with Crippen LogP contribution in [0.2, 0.25) is 0 Å². The maximum absolute atomic E-state index is 14.5. The van der Waals surface area contributed by atoms with Gasteiger partial charge in [-0.2, -0.15) is 0 Å². The lowest BCUT2D eigenvalue weighted by Gasteiger charge is -2.26. The Balaban J connectivity index is 2.31. The number of benzene rings is 2. The van der Waals surface area contributed by atoms with E-state index in [0.29, 0.717) is 5.75 Å². The zero-order chi connectivity index (χ0) is 20.2. The highest BCUT2D eigenvalue weighted by Crippen LogP contribution is 2.28. The molecule has 1 N–H and O–H groups in total. The van der Waals surface area contributed by atoms with Crippen molar-refractivity contribution in [2.75, 3.05) is 14.2 Å². The molecule has 144 valence electrons. The molecule has 7 heteroatoms. The quantitative estimate of drug-likeness (QED) is 0.780. The molecule has 1 unspecified atom stereocenters. The van der Waals surface area contributed by atoms with Gasteiger partial charge in [-0.1, -0.05) is 13.0 Å². The van der Waals surface area contributed by atoms with E-state index in [2.05, 4.69) is 10.1 Å². The van der Waals surface area contributed by atoms with Crippen LogP contribution in [0.15, 0.2) is 36.4 Å². The maximum Gasteiger partial charge on any atom is 0.331 e. The van der Waals surface area contributed by atoms with E-state index in [4.69, 9.17) is 4.74 Å². The van der Waals surface area contributed by atoms with Crippen molar-refractivity contribution in [1.29, 1.82) is 0 Å². The third-order valence-corrected chi connectivity index (χ3v) is 4.43.